The molecular formula is C26H20N4O4. The number of ether oxygens (including phenoxy) is 2. The van der Waals surface area contributed by atoms with Crippen molar-refractivity contribution in [1.82, 2.24) is 9.97 Å². The average Bonchev–Trinajstić information content (AvgIpc) is 3.30. The SMILES string of the molecule is COC(=O)c1ccccc1NC(=O)COc1ccc(C=C(C#N)c2nc3ccccc3[nH]2)cc1. The molecule has 0 fully saturated rings. The third-order valence-corrected chi connectivity index (χ3v) is 4.93. The summed E-state index contributed by atoms with van der Waals surface area (Å²) in [6.07, 6.45) is 1.72. The topological polar surface area (TPSA) is 117 Å². The van der Waals surface area contributed by atoms with Crippen LogP contribution in [0.4, 0.5) is 5.69 Å². The van der Waals surface area contributed by atoms with Crippen molar-refractivity contribution in [2.75, 3.05) is 19.0 Å². The van der Waals surface area contributed by atoms with Crippen molar-refractivity contribution in [3.05, 3.63) is 89.7 Å². The Bertz CT molecular complexity index is 1380. The first-order valence-electron chi connectivity index (χ1n) is 10.3. The molecule has 1 aromatic heterocycles. The van der Waals surface area contributed by atoms with E-state index in [1.807, 2.05) is 24.3 Å². The second-order valence-electron chi connectivity index (χ2n) is 7.22. The van der Waals surface area contributed by atoms with Crippen LogP contribution in [-0.4, -0.2) is 35.6 Å². The van der Waals surface area contributed by atoms with Gasteiger partial charge in [-0.25, -0.2) is 9.78 Å². The summed E-state index contributed by atoms with van der Waals surface area (Å²) in [5.74, 6) is 0.0144. The highest BCUT2D eigenvalue weighted by atomic mass is 16.5. The molecule has 0 saturated carbocycles. The number of nitrogens with zero attached hydrogens (tertiary/aromatic N) is 2. The van der Waals surface area contributed by atoms with Crippen LogP contribution in [0.1, 0.15) is 21.7 Å². The fourth-order valence-corrected chi connectivity index (χ4v) is 3.28. The molecular weight excluding hydrogens is 432 g/mol. The van der Waals surface area contributed by atoms with Gasteiger partial charge in [0.25, 0.3) is 5.91 Å². The maximum Gasteiger partial charge on any atom is 0.339 e. The van der Waals surface area contributed by atoms with Gasteiger partial charge in [0.15, 0.2) is 6.61 Å². The van der Waals surface area contributed by atoms with Crippen molar-refractivity contribution < 1.29 is 19.1 Å². The lowest BCUT2D eigenvalue weighted by Crippen LogP contribution is -2.21. The molecule has 0 atom stereocenters. The van der Waals surface area contributed by atoms with Crippen LogP contribution in [-0.2, 0) is 9.53 Å². The number of H-pyrrole nitrogens is 1. The number of aromatic nitrogens is 2. The minimum Gasteiger partial charge on any atom is -0.484 e. The lowest BCUT2D eigenvalue weighted by Gasteiger charge is -2.10. The number of amides is 1. The lowest BCUT2D eigenvalue weighted by molar-refractivity contribution is -0.118. The number of anilines is 1. The molecule has 3 aromatic carbocycles. The molecule has 1 heterocycles. The van der Waals surface area contributed by atoms with Gasteiger partial charge in [-0.15, -0.1) is 0 Å². The molecule has 0 saturated heterocycles. The zero-order valence-corrected chi connectivity index (χ0v) is 18.2. The molecule has 0 spiro atoms. The zero-order chi connectivity index (χ0) is 23.9. The fourth-order valence-electron chi connectivity index (χ4n) is 3.28. The molecule has 1 amide bonds. The Kier molecular flexibility index (Phi) is 6.65. The number of carbonyl (C=O) groups excluding carboxylic acids is 2. The van der Waals surface area contributed by atoms with Crippen LogP contribution in [0.5, 0.6) is 5.75 Å². The molecule has 34 heavy (non-hydrogen) atoms. The molecule has 8 nitrogen and oxygen atoms in total. The standard InChI is InChI=1S/C26H20N4O4/c1-33-26(32)20-6-2-3-7-21(20)28-24(31)16-34-19-12-10-17(11-13-19)14-18(15-27)25-29-22-8-4-5-9-23(22)30-25/h2-14H,16H2,1H3,(H,28,31)(H,29,30). The molecule has 0 bridgehead atoms. The number of methoxy groups -OCH3 is 1. The highest BCUT2D eigenvalue weighted by Crippen LogP contribution is 2.21. The third-order valence-electron chi connectivity index (χ3n) is 4.93. The summed E-state index contributed by atoms with van der Waals surface area (Å²) in [5.41, 5.74) is 3.42. The van der Waals surface area contributed by atoms with E-state index in [9.17, 15) is 14.9 Å². The van der Waals surface area contributed by atoms with Gasteiger partial charge >= 0.3 is 5.97 Å². The van der Waals surface area contributed by atoms with Crippen molar-refractivity contribution in [2.45, 2.75) is 0 Å². The maximum atomic E-state index is 12.3. The monoisotopic (exact) mass is 452 g/mol. The lowest BCUT2D eigenvalue weighted by atomic mass is 10.1. The van der Waals surface area contributed by atoms with Gasteiger partial charge in [0.2, 0.25) is 0 Å². The summed E-state index contributed by atoms with van der Waals surface area (Å²) < 4.78 is 10.3. The van der Waals surface area contributed by atoms with Gasteiger partial charge in [-0.2, -0.15) is 5.26 Å². The van der Waals surface area contributed by atoms with Crippen molar-refractivity contribution in [2.24, 2.45) is 0 Å². The third kappa shape index (κ3) is 5.11. The number of para-hydroxylation sites is 3. The minimum atomic E-state index is -0.542. The first kappa shape index (κ1) is 22.3. The van der Waals surface area contributed by atoms with E-state index < -0.39 is 11.9 Å². The summed E-state index contributed by atoms with van der Waals surface area (Å²) in [7, 11) is 1.28. The molecule has 0 unspecified atom stereocenters. The Balaban J connectivity index is 1.40. The number of benzene rings is 3. The molecule has 0 aliphatic heterocycles. The highest BCUT2D eigenvalue weighted by molar-refractivity contribution is 6.01. The second-order valence-corrected chi connectivity index (χ2v) is 7.22. The van der Waals surface area contributed by atoms with Gasteiger partial charge in [0.1, 0.15) is 17.6 Å². The van der Waals surface area contributed by atoms with Crippen LogP contribution in [0.15, 0.2) is 72.8 Å². The maximum absolute atomic E-state index is 12.3. The van der Waals surface area contributed by atoms with Crippen LogP contribution in [0.3, 0.4) is 0 Å². The minimum absolute atomic E-state index is 0.243. The normalized spacial score (nSPS) is 11.0. The fraction of sp³-hybridized carbons (Fsp3) is 0.0769. The number of nitriles is 1. The van der Waals surface area contributed by atoms with Crippen LogP contribution >= 0.6 is 0 Å². The van der Waals surface area contributed by atoms with E-state index in [0.29, 0.717) is 22.8 Å². The van der Waals surface area contributed by atoms with Gasteiger partial charge < -0.3 is 19.8 Å². The number of carbonyl (C=O) groups is 2. The van der Waals surface area contributed by atoms with Gasteiger partial charge in [-0.05, 0) is 48.0 Å². The Labute approximate surface area is 195 Å². The van der Waals surface area contributed by atoms with E-state index in [1.54, 1.807) is 54.6 Å². The summed E-state index contributed by atoms with van der Waals surface area (Å²) in [6.45, 7) is -0.243. The predicted octanol–water partition coefficient (Wildman–Crippen LogP) is 4.43. The van der Waals surface area contributed by atoms with Crippen LogP contribution < -0.4 is 10.1 Å². The number of allylic oxidation sites excluding steroid dienone is 1. The Morgan fingerprint density at radius 3 is 2.53 bits per heavy atom. The number of hydrogen-bond donors (Lipinski definition) is 2. The molecule has 168 valence electrons. The van der Waals surface area contributed by atoms with Gasteiger partial charge in [0.05, 0.1) is 35.0 Å². The molecule has 4 aromatic rings. The van der Waals surface area contributed by atoms with Gasteiger partial charge in [-0.3, -0.25) is 4.79 Å². The summed E-state index contributed by atoms with van der Waals surface area (Å²) >= 11 is 0. The largest absolute Gasteiger partial charge is 0.484 e. The predicted molar refractivity (Wildman–Crippen MR) is 128 cm³/mol. The van der Waals surface area contributed by atoms with Gasteiger partial charge in [-0.1, -0.05) is 36.4 Å². The Morgan fingerprint density at radius 1 is 1.06 bits per heavy atom. The molecule has 4 rings (SSSR count). The van der Waals surface area contributed by atoms with Crippen LogP contribution in [0, 0.1) is 11.3 Å². The number of aromatic amines is 1. The smallest absolute Gasteiger partial charge is 0.339 e. The second kappa shape index (κ2) is 10.1. The van der Waals surface area contributed by atoms with Crippen molar-refractivity contribution >= 4 is 40.2 Å². The van der Waals surface area contributed by atoms with Crippen molar-refractivity contribution in [3.63, 3.8) is 0 Å². The Hall–Kier alpha value is -4.90. The molecule has 8 heteroatoms. The molecule has 0 radical (unpaired) electrons. The molecule has 2 N–H and O–H groups in total. The van der Waals surface area contributed by atoms with E-state index in [4.69, 9.17) is 9.47 Å². The van der Waals surface area contributed by atoms with E-state index in [2.05, 4.69) is 21.4 Å². The molecule has 0 aliphatic rings. The Morgan fingerprint density at radius 2 is 1.79 bits per heavy atom. The number of fused-ring (bicyclic) bond motifs is 1. The summed E-state index contributed by atoms with van der Waals surface area (Å²) in [4.78, 5) is 31.7. The number of hydrogen-bond acceptors (Lipinski definition) is 6. The van der Waals surface area contributed by atoms with E-state index in [1.165, 1.54) is 7.11 Å². The van der Waals surface area contributed by atoms with E-state index in [-0.39, 0.29) is 12.2 Å². The first-order chi connectivity index (χ1) is 16.6. The van der Waals surface area contributed by atoms with Crippen LogP contribution in [0.2, 0.25) is 0 Å². The summed E-state index contributed by atoms with van der Waals surface area (Å²) in [5, 5.41) is 12.2. The number of nitrogens with one attached hydrogen (secondary N) is 2. The van der Waals surface area contributed by atoms with Gasteiger partial charge in [0, 0.05) is 0 Å². The summed E-state index contributed by atoms with van der Waals surface area (Å²) in [6, 6.07) is 23.3. The first-order valence-corrected chi connectivity index (χ1v) is 10.3. The van der Waals surface area contributed by atoms with Crippen molar-refractivity contribution in [1.29, 1.82) is 5.26 Å². The highest BCUT2D eigenvalue weighted by Gasteiger charge is 2.13. The average molecular weight is 452 g/mol. The quantitative estimate of drug-likeness (QED) is 0.316. The number of esters is 1. The van der Waals surface area contributed by atoms with E-state index in [0.717, 1.165) is 16.6 Å². The number of imidazole rings is 1. The zero-order valence-electron chi connectivity index (χ0n) is 18.2. The molecule has 0 aliphatic carbocycles. The van der Waals surface area contributed by atoms with Crippen LogP contribution in [0.25, 0.3) is 22.7 Å². The number of rotatable bonds is 7. The van der Waals surface area contributed by atoms with Crippen molar-refractivity contribution in [3.8, 4) is 11.8 Å². The van der Waals surface area contributed by atoms with E-state index >= 15 is 0 Å².